The first kappa shape index (κ1) is 9.26. The third-order valence-electron chi connectivity index (χ3n) is 2.07. The maximum Gasteiger partial charge on any atom is 0.274 e. The molecule has 5 N–H and O–H groups in total. The Balaban J connectivity index is 2.59. The maximum absolute atomic E-state index is 11.2. The molecule has 0 atom stereocenters. The van der Waals surface area contributed by atoms with Crippen molar-refractivity contribution in [3.8, 4) is 11.3 Å². The second kappa shape index (κ2) is 3.45. The molecule has 0 aliphatic carbocycles. The number of H-pyrrole nitrogens is 1. The Labute approximate surface area is 85.8 Å². The van der Waals surface area contributed by atoms with Gasteiger partial charge in [0.1, 0.15) is 11.4 Å². The minimum Gasteiger partial charge on any atom is -0.399 e. The van der Waals surface area contributed by atoms with E-state index in [0.717, 1.165) is 5.56 Å². The van der Waals surface area contributed by atoms with Crippen molar-refractivity contribution in [3.05, 3.63) is 40.9 Å². The molecule has 1 aromatic heterocycles. The molecule has 1 heterocycles. The lowest BCUT2D eigenvalue weighted by molar-refractivity contribution is 1.13. The quantitative estimate of drug-likeness (QED) is 0.590. The van der Waals surface area contributed by atoms with E-state index in [1.54, 1.807) is 24.3 Å². The molecule has 0 aliphatic heterocycles. The lowest BCUT2D eigenvalue weighted by atomic mass is 10.1. The zero-order valence-corrected chi connectivity index (χ0v) is 7.90. The number of hydrogen-bond acceptors (Lipinski definition) is 4. The number of anilines is 2. The van der Waals surface area contributed by atoms with Crippen LogP contribution in [0.5, 0.6) is 0 Å². The number of nitrogens with zero attached hydrogens (tertiary/aromatic N) is 1. The van der Waals surface area contributed by atoms with Crippen LogP contribution in [0.4, 0.5) is 11.4 Å². The number of nitrogen functional groups attached to an aromatic ring is 2. The average Bonchev–Trinajstić information content (AvgIpc) is 2.24. The highest BCUT2D eigenvalue weighted by molar-refractivity contribution is 5.72. The van der Waals surface area contributed by atoms with Crippen LogP contribution >= 0.6 is 0 Å². The van der Waals surface area contributed by atoms with Crippen molar-refractivity contribution in [2.45, 2.75) is 0 Å². The summed E-state index contributed by atoms with van der Waals surface area (Å²) in [6.07, 6.45) is 1.32. The van der Waals surface area contributed by atoms with Crippen molar-refractivity contribution in [1.82, 2.24) is 9.97 Å². The number of aromatic nitrogens is 2. The summed E-state index contributed by atoms with van der Waals surface area (Å²) in [4.78, 5) is 17.7. The SMILES string of the molecule is Nc1ccc(-c2nc[nH]c(=O)c2N)cc1. The van der Waals surface area contributed by atoms with Crippen LogP contribution < -0.4 is 17.0 Å². The maximum atomic E-state index is 11.2. The molecule has 0 saturated carbocycles. The average molecular weight is 202 g/mol. The molecule has 0 radical (unpaired) electrons. The standard InChI is InChI=1S/C10H10N4O/c11-7-3-1-6(2-4-7)9-8(12)10(15)14-5-13-9/h1-5H,11-12H2,(H,13,14,15). The number of hydrogen-bond donors (Lipinski definition) is 3. The van der Waals surface area contributed by atoms with E-state index in [4.69, 9.17) is 11.5 Å². The molecule has 15 heavy (non-hydrogen) atoms. The highest BCUT2D eigenvalue weighted by Crippen LogP contribution is 2.20. The van der Waals surface area contributed by atoms with Gasteiger partial charge in [0.15, 0.2) is 0 Å². The molecule has 76 valence electrons. The summed E-state index contributed by atoms with van der Waals surface area (Å²) >= 11 is 0. The van der Waals surface area contributed by atoms with E-state index < -0.39 is 0 Å². The Hall–Kier alpha value is -2.30. The van der Waals surface area contributed by atoms with Crippen molar-refractivity contribution in [3.63, 3.8) is 0 Å². The van der Waals surface area contributed by atoms with E-state index in [1.807, 2.05) is 0 Å². The molecule has 0 bridgehead atoms. The number of benzene rings is 1. The number of nitrogens with one attached hydrogen (secondary N) is 1. The van der Waals surface area contributed by atoms with Crippen LogP contribution in [0, 0.1) is 0 Å². The van der Waals surface area contributed by atoms with E-state index >= 15 is 0 Å². The van der Waals surface area contributed by atoms with E-state index in [2.05, 4.69) is 9.97 Å². The monoisotopic (exact) mass is 202 g/mol. The molecule has 2 aromatic rings. The molecule has 1 aromatic carbocycles. The van der Waals surface area contributed by atoms with E-state index in [0.29, 0.717) is 11.4 Å². The van der Waals surface area contributed by atoms with Gasteiger partial charge in [-0.2, -0.15) is 0 Å². The van der Waals surface area contributed by atoms with Gasteiger partial charge in [-0.1, -0.05) is 12.1 Å². The Morgan fingerprint density at radius 3 is 2.47 bits per heavy atom. The third kappa shape index (κ3) is 1.67. The van der Waals surface area contributed by atoms with E-state index in [9.17, 15) is 4.79 Å². The predicted octanol–water partition coefficient (Wildman–Crippen LogP) is 0.601. The smallest absolute Gasteiger partial charge is 0.274 e. The van der Waals surface area contributed by atoms with Crippen LogP contribution in [0.1, 0.15) is 0 Å². The van der Waals surface area contributed by atoms with Gasteiger partial charge in [-0.3, -0.25) is 4.79 Å². The van der Waals surface area contributed by atoms with Crippen molar-refractivity contribution >= 4 is 11.4 Å². The van der Waals surface area contributed by atoms with E-state index in [-0.39, 0.29) is 11.2 Å². The summed E-state index contributed by atoms with van der Waals surface area (Å²) in [5.41, 5.74) is 12.8. The zero-order valence-electron chi connectivity index (χ0n) is 7.90. The highest BCUT2D eigenvalue weighted by Gasteiger charge is 2.06. The van der Waals surface area contributed by atoms with Crippen molar-refractivity contribution in [2.24, 2.45) is 0 Å². The minimum atomic E-state index is -0.336. The Kier molecular flexibility index (Phi) is 2.13. The Bertz CT molecular complexity index is 530. The van der Waals surface area contributed by atoms with Crippen LogP contribution in [0.15, 0.2) is 35.4 Å². The molecule has 0 spiro atoms. The lowest BCUT2D eigenvalue weighted by Crippen LogP contribution is -2.13. The van der Waals surface area contributed by atoms with Gasteiger partial charge in [0.25, 0.3) is 5.56 Å². The summed E-state index contributed by atoms with van der Waals surface area (Å²) in [5, 5.41) is 0. The van der Waals surface area contributed by atoms with Crippen molar-refractivity contribution in [1.29, 1.82) is 0 Å². The van der Waals surface area contributed by atoms with Gasteiger partial charge in [-0.15, -0.1) is 0 Å². The molecule has 5 heteroatoms. The summed E-state index contributed by atoms with van der Waals surface area (Å²) < 4.78 is 0. The first-order valence-electron chi connectivity index (χ1n) is 4.37. The van der Waals surface area contributed by atoms with Crippen LogP contribution in [0.3, 0.4) is 0 Å². The molecule has 0 unspecified atom stereocenters. The first-order valence-corrected chi connectivity index (χ1v) is 4.37. The molecule has 0 saturated heterocycles. The first-order chi connectivity index (χ1) is 7.18. The van der Waals surface area contributed by atoms with Crippen LogP contribution in [0.2, 0.25) is 0 Å². The third-order valence-corrected chi connectivity index (χ3v) is 2.07. The zero-order chi connectivity index (χ0) is 10.8. The van der Waals surface area contributed by atoms with Crippen LogP contribution in [0.25, 0.3) is 11.3 Å². The van der Waals surface area contributed by atoms with Gasteiger partial charge >= 0.3 is 0 Å². The number of aromatic amines is 1. The highest BCUT2D eigenvalue weighted by atomic mass is 16.1. The largest absolute Gasteiger partial charge is 0.399 e. The fourth-order valence-corrected chi connectivity index (χ4v) is 1.28. The van der Waals surface area contributed by atoms with Gasteiger partial charge in [-0.05, 0) is 12.1 Å². The predicted molar refractivity (Wildman–Crippen MR) is 59.1 cm³/mol. The number of nitrogens with two attached hydrogens (primary N) is 2. The number of rotatable bonds is 1. The molecular weight excluding hydrogens is 192 g/mol. The molecule has 0 aliphatic rings. The molecule has 2 rings (SSSR count). The van der Waals surface area contributed by atoms with Crippen LogP contribution in [-0.4, -0.2) is 9.97 Å². The second-order valence-corrected chi connectivity index (χ2v) is 3.12. The minimum absolute atomic E-state index is 0.113. The fraction of sp³-hybridized carbons (Fsp3) is 0. The van der Waals surface area contributed by atoms with E-state index in [1.165, 1.54) is 6.33 Å². The van der Waals surface area contributed by atoms with Gasteiger partial charge in [0, 0.05) is 11.3 Å². The van der Waals surface area contributed by atoms with Crippen LogP contribution in [-0.2, 0) is 0 Å². The fourth-order valence-electron chi connectivity index (χ4n) is 1.28. The summed E-state index contributed by atoms with van der Waals surface area (Å²) in [7, 11) is 0. The molecule has 0 amide bonds. The van der Waals surface area contributed by atoms with Crippen molar-refractivity contribution in [2.75, 3.05) is 11.5 Å². The van der Waals surface area contributed by atoms with Crippen molar-refractivity contribution < 1.29 is 0 Å². The Morgan fingerprint density at radius 2 is 1.80 bits per heavy atom. The summed E-state index contributed by atoms with van der Waals surface area (Å²) in [6, 6.07) is 7.01. The normalized spacial score (nSPS) is 10.1. The topological polar surface area (TPSA) is 97.8 Å². The molecule has 5 nitrogen and oxygen atoms in total. The lowest BCUT2D eigenvalue weighted by Gasteiger charge is -2.03. The van der Waals surface area contributed by atoms with Gasteiger partial charge in [0.2, 0.25) is 0 Å². The van der Waals surface area contributed by atoms with Gasteiger partial charge < -0.3 is 16.5 Å². The molecular formula is C10H10N4O. The summed E-state index contributed by atoms with van der Waals surface area (Å²) in [5.74, 6) is 0. The Morgan fingerprint density at radius 1 is 1.13 bits per heavy atom. The summed E-state index contributed by atoms with van der Waals surface area (Å²) in [6.45, 7) is 0. The van der Waals surface area contributed by atoms with Gasteiger partial charge in [-0.25, -0.2) is 4.98 Å². The second-order valence-electron chi connectivity index (χ2n) is 3.12. The van der Waals surface area contributed by atoms with Gasteiger partial charge in [0.05, 0.1) is 6.33 Å². The molecule has 0 fully saturated rings.